The maximum absolute atomic E-state index is 11.8. The van der Waals surface area contributed by atoms with Crippen LogP contribution in [0.3, 0.4) is 0 Å². The standard InChI is InChI=1S/C31H33NO4/c1-18-22-11-9-8-10-19(22)14-25(28(18)33)23-13-12-21(32(35)36)17-24(23)20-15-26(30(2,3)4)29(34)27(16-20)31(5,6)7/h8-17,33-34H,1-7H3. The highest BCUT2D eigenvalue weighted by molar-refractivity contribution is 5.97. The Morgan fingerprint density at radius 2 is 1.31 bits per heavy atom. The predicted molar refractivity (Wildman–Crippen MR) is 147 cm³/mol. The van der Waals surface area contributed by atoms with Gasteiger partial charge in [-0.1, -0.05) is 65.8 Å². The van der Waals surface area contributed by atoms with Crippen LogP contribution in [0, 0.1) is 17.0 Å². The van der Waals surface area contributed by atoms with Crippen molar-refractivity contribution >= 4 is 16.5 Å². The van der Waals surface area contributed by atoms with Crippen LogP contribution < -0.4 is 0 Å². The van der Waals surface area contributed by atoms with Crippen LogP contribution in [0.1, 0.15) is 58.2 Å². The van der Waals surface area contributed by atoms with Crippen molar-refractivity contribution in [3.8, 4) is 33.8 Å². The minimum atomic E-state index is -0.408. The normalized spacial score (nSPS) is 12.2. The second kappa shape index (κ2) is 8.66. The molecule has 0 unspecified atom stereocenters. The van der Waals surface area contributed by atoms with Gasteiger partial charge in [0.1, 0.15) is 11.5 Å². The number of phenols is 2. The molecule has 0 fully saturated rings. The number of nitro benzene ring substituents is 1. The molecule has 5 nitrogen and oxygen atoms in total. The summed E-state index contributed by atoms with van der Waals surface area (Å²) in [6.45, 7) is 14.1. The summed E-state index contributed by atoms with van der Waals surface area (Å²) in [5.41, 5.74) is 4.22. The van der Waals surface area contributed by atoms with Crippen LogP contribution in [0.15, 0.2) is 60.7 Å². The monoisotopic (exact) mass is 483 g/mol. The largest absolute Gasteiger partial charge is 0.507 e. The molecule has 0 atom stereocenters. The lowest BCUT2D eigenvalue weighted by molar-refractivity contribution is -0.384. The number of nitro groups is 1. The highest BCUT2D eigenvalue weighted by Crippen LogP contribution is 2.46. The molecule has 186 valence electrons. The lowest BCUT2D eigenvalue weighted by Crippen LogP contribution is -2.17. The van der Waals surface area contributed by atoms with E-state index in [1.54, 1.807) is 12.1 Å². The van der Waals surface area contributed by atoms with Gasteiger partial charge < -0.3 is 10.2 Å². The Hall–Kier alpha value is -3.86. The molecule has 36 heavy (non-hydrogen) atoms. The molecule has 0 heterocycles. The zero-order valence-electron chi connectivity index (χ0n) is 21.9. The zero-order chi connectivity index (χ0) is 26.6. The van der Waals surface area contributed by atoms with Gasteiger partial charge in [-0.05, 0) is 75.0 Å². The van der Waals surface area contributed by atoms with Gasteiger partial charge in [0, 0.05) is 28.8 Å². The van der Waals surface area contributed by atoms with E-state index in [0.717, 1.165) is 33.0 Å². The van der Waals surface area contributed by atoms with E-state index in [0.29, 0.717) is 16.7 Å². The van der Waals surface area contributed by atoms with Gasteiger partial charge in [0.25, 0.3) is 5.69 Å². The van der Waals surface area contributed by atoms with E-state index in [4.69, 9.17) is 0 Å². The van der Waals surface area contributed by atoms with Gasteiger partial charge in [0.2, 0.25) is 0 Å². The third kappa shape index (κ3) is 4.41. The second-order valence-corrected chi connectivity index (χ2v) is 11.5. The minimum Gasteiger partial charge on any atom is -0.507 e. The Morgan fingerprint density at radius 1 is 0.722 bits per heavy atom. The summed E-state index contributed by atoms with van der Waals surface area (Å²) in [5, 5.41) is 36.1. The molecule has 0 aliphatic heterocycles. The van der Waals surface area contributed by atoms with Crippen LogP contribution in [0.2, 0.25) is 0 Å². The number of rotatable bonds is 3. The third-order valence-electron chi connectivity index (χ3n) is 6.82. The number of fused-ring (bicyclic) bond motifs is 1. The van der Waals surface area contributed by atoms with Crippen molar-refractivity contribution < 1.29 is 15.1 Å². The number of phenolic OH excluding ortho intramolecular Hbond substituents is 2. The van der Waals surface area contributed by atoms with Gasteiger partial charge in [0.05, 0.1) is 4.92 Å². The fourth-order valence-corrected chi connectivity index (χ4v) is 4.78. The Morgan fingerprint density at radius 3 is 1.86 bits per heavy atom. The first-order valence-corrected chi connectivity index (χ1v) is 12.1. The zero-order valence-corrected chi connectivity index (χ0v) is 21.9. The summed E-state index contributed by atoms with van der Waals surface area (Å²) < 4.78 is 0. The Balaban J connectivity index is 2.12. The van der Waals surface area contributed by atoms with E-state index < -0.39 is 4.92 Å². The summed E-state index contributed by atoms with van der Waals surface area (Å²) in [5.74, 6) is 0.393. The van der Waals surface area contributed by atoms with Crippen LogP contribution in [0.4, 0.5) is 5.69 Å². The summed E-state index contributed by atoms with van der Waals surface area (Å²) >= 11 is 0. The second-order valence-electron chi connectivity index (χ2n) is 11.5. The van der Waals surface area contributed by atoms with Gasteiger partial charge in [0.15, 0.2) is 0 Å². The van der Waals surface area contributed by atoms with Crippen molar-refractivity contribution in [2.24, 2.45) is 0 Å². The van der Waals surface area contributed by atoms with Gasteiger partial charge in [-0.15, -0.1) is 0 Å². The van der Waals surface area contributed by atoms with Gasteiger partial charge in [-0.25, -0.2) is 0 Å². The van der Waals surface area contributed by atoms with Crippen LogP contribution >= 0.6 is 0 Å². The van der Waals surface area contributed by atoms with Crippen molar-refractivity contribution in [3.63, 3.8) is 0 Å². The van der Waals surface area contributed by atoms with E-state index >= 15 is 0 Å². The van der Waals surface area contributed by atoms with Crippen LogP contribution in [-0.2, 0) is 10.8 Å². The lowest BCUT2D eigenvalue weighted by Gasteiger charge is -2.28. The predicted octanol–water partition coefficient (Wildman–Crippen LogP) is 8.40. The lowest BCUT2D eigenvalue weighted by atomic mass is 9.77. The van der Waals surface area contributed by atoms with Crippen LogP contribution in [0.25, 0.3) is 33.0 Å². The first-order chi connectivity index (χ1) is 16.7. The minimum absolute atomic E-state index is 0.0338. The molecule has 5 heteroatoms. The van der Waals surface area contributed by atoms with E-state index in [9.17, 15) is 20.3 Å². The Kier molecular flexibility index (Phi) is 6.07. The third-order valence-corrected chi connectivity index (χ3v) is 6.82. The van der Waals surface area contributed by atoms with Gasteiger partial charge >= 0.3 is 0 Å². The number of hydrogen-bond donors (Lipinski definition) is 2. The fourth-order valence-electron chi connectivity index (χ4n) is 4.78. The topological polar surface area (TPSA) is 83.6 Å². The molecule has 0 saturated heterocycles. The molecule has 0 saturated carbocycles. The van der Waals surface area contributed by atoms with Gasteiger partial charge in [-0.3, -0.25) is 10.1 Å². The van der Waals surface area contributed by atoms with E-state index in [1.807, 2.05) is 90.9 Å². The number of benzene rings is 4. The average Bonchev–Trinajstić information content (AvgIpc) is 2.79. The average molecular weight is 484 g/mol. The molecular formula is C31H33NO4. The number of non-ortho nitro benzene ring substituents is 1. The fraction of sp³-hybridized carbons (Fsp3) is 0.290. The molecule has 0 bridgehead atoms. The number of aryl methyl sites for hydroxylation is 1. The van der Waals surface area contributed by atoms with E-state index in [2.05, 4.69) is 0 Å². The first-order valence-electron chi connectivity index (χ1n) is 12.1. The van der Waals surface area contributed by atoms with Gasteiger partial charge in [-0.2, -0.15) is 0 Å². The van der Waals surface area contributed by atoms with Crippen molar-refractivity contribution in [2.75, 3.05) is 0 Å². The molecular weight excluding hydrogens is 450 g/mol. The molecule has 0 aliphatic rings. The number of aromatic hydroxyl groups is 2. The molecule has 0 spiro atoms. The van der Waals surface area contributed by atoms with Crippen LogP contribution in [0.5, 0.6) is 11.5 Å². The molecule has 4 rings (SSSR count). The highest BCUT2D eigenvalue weighted by atomic mass is 16.6. The summed E-state index contributed by atoms with van der Waals surface area (Å²) in [6.07, 6.45) is 0. The summed E-state index contributed by atoms with van der Waals surface area (Å²) in [7, 11) is 0. The SMILES string of the molecule is Cc1c(O)c(-c2ccc([N+](=O)[O-])cc2-c2cc(C(C)(C)C)c(O)c(C(C)(C)C)c2)cc2ccccc12. The van der Waals surface area contributed by atoms with E-state index in [-0.39, 0.29) is 28.0 Å². The van der Waals surface area contributed by atoms with E-state index in [1.165, 1.54) is 6.07 Å². The van der Waals surface area contributed by atoms with Crippen molar-refractivity contribution in [2.45, 2.75) is 59.3 Å². The Bertz CT molecular complexity index is 1470. The Labute approximate surface area is 212 Å². The first kappa shape index (κ1) is 25.2. The smallest absolute Gasteiger partial charge is 0.270 e. The van der Waals surface area contributed by atoms with Crippen LogP contribution in [-0.4, -0.2) is 15.1 Å². The quantitative estimate of drug-likeness (QED) is 0.226. The van der Waals surface area contributed by atoms with Crippen molar-refractivity contribution in [1.82, 2.24) is 0 Å². The maximum atomic E-state index is 11.8. The molecule has 2 N–H and O–H groups in total. The maximum Gasteiger partial charge on any atom is 0.270 e. The number of nitrogens with zero attached hydrogens (tertiary/aromatic N) is 1. The summed E-state index contributed by atoms with van der Waals surface area (Å²) in [4.78, 5) is 11.3. The molecule has 0 radical (unpaired) electrons. The molecule has 0 amide bonds. The van der Waals surface area contributed by atoms with Crippen molar-refractivity contribution in [3.05, 3.63) is 87.5 Å². The summed E-state index contributed by atoms with van der Waals surface area (Å²) in [6, 6.07) is 18.3. The molecule has 4 aromatic rings. The highest BCUT2D eigenvalue weighted by Gasteiger charge is 2.28. The molecule has 0 aliphatic carbocycles. The number of hydrogen-bond acceptors (Lipinski definition) is 4. The molecule has 4 aromatic carbocycles. The molecule has 0 aromatic heterocycles. The van der Waals surface area contributed by atoms with Crippen molar-refractivity contribution in [1.29, 1.82) is 0 Å².